The molecule has 6 heteroatoms. The van der Waals surface area contributed by atoms with Gasteiger partial charge in [-0.05, 0) is 12.8 Å². The van der Waals surface area contributed by atoms with Gasteiger partial charge < -0.3 is 10.1 Å². The quantitative estimate of drug-likeness (QED) is 0.515. The predicted octanol–water partition coefficient (Wildman–Crippen LogP) is 1.57. The van der Waals surface area contributed by atoms with Gasteiger partial charge in [-0.15, -0.1) is 0 Å². The van der Waals surface area contributed by atoms with E-state index in [0.29, 0.717) is 13.0 Å². The van der Waals surface area contributed by atoms with Crippen molar-refractivity contribution in [1.82, 2.24) is 5.32 Å². The summed E-state index contributed by atoms with van der Waals surface area (Å²) in [4.78, 5) is 23.0. The Kier molecular flexibility index (Phi) is 3.78. The number of rotatable bonds is 3. The van der Waals surface area contributed by atoms with Crippen LogP contribution >= 0.6 is 0 Å². The van der Waals surface area contributed by atoms with Crippen LogP contribution in [0.3, 0.4) is 0 Å². The third-order valence-electron chi connectivity index (χ3n) is 3.02. The molecule has 0 aromatic heterocycles. The first-order chi connectivity index (χ1) is 9.02. The summed E-state index contributed by atoms with van der Waals surface area (Å²) in [6.45, 7) is 2.02. The highest BCUT2D eigenvalue weighted by Crippen LogP contribution is 2.22. The SMILES string of the molecule is CCc1c(F)cc(OC(=O)[C@@H]2CCNC2=O)cc1F. The molecule has 1 aromatic rings. The van der Waals surface area contributed by atoms with E-state index in [1.54, 1.807) is 6.92 Å². The van der Waals surface area contributed by atoms with Crippen LogP contribution in [0.4, 0.5) is 8.78 Å². The van der Waals surface area contributed by atoms with Crippen molar-refractivity contribution in [3.8, 4) is 5.75 Å². The maximum absolute atomic E-state index is 13.5. The molecule has 102 valence electrons. The van der Waals surface area contributed by atoms with Crippen LogP contribution in [0.25, 0.3) is 0 Å². The van der Waals surface area contributed by atoms with Gasteiger partial charge in [0.25, 0.3) is 0 Å². The minimum absolute atomic E-state index is 0.0570. The molecule has 0 aliphatic carbocycles. The molecule has 0 bridgehead atoms. The zero-order chi connectivity index (χ0) is 14.0. The molecule has 1 aliphatic heterocycles. The Morgan fingerprint density at radius 1 is 1.42 bits per heavy atom. The zero-order valence-electron chi connectivity index (χ0n) is 10.3. The molecule has 1 aromatic carbocycles. The van der Waals surface area contributed by atoms with E-state index in [9.17, 15) is 18.4 Å². The highest BCUT2D eigenvalue weighted by Gasteiger charge is 2.33. The molecule has 0 unspecified atom stereocenters. The van der Waals surface area contributed by atoms with Crippen molar-refractivity contribution in [2.75, 3.05) is 6.54 Å². The Labute approximate surface area is 108 Å². The predicted molar refractivity (Wildman–Crippen MR) is 62.5 cm³/mol. The fourth-order valence-electron chi connectivity index (χ4n) is 1.98. The first kappa shape index (κ1) is 13.5. The van der Waals surface area contributed by atoms with E-state index in [0.717, 1.165) is 12.1 Å². The highest BCUT2D eigenvalue weighted by molar-refractivity contribution is 5.99. The van der Waals surface area contributed by atoms with Crippen molar-refractivity contribution in [2.24, 2.45) is 5.92 Å². The summed E-state index contributed by atoms with van der Waals surface area (Å²) in [5.74, 6) is -3.87. The van der Waals surface area contributed by atoms with Gasteiger partial charge in [-0.25, -0.2) is 8.78 Å². The van der Waals surface area contributed by atoms with E-state index in [4.69, 9.17) is 4.74 Å². The standard InChI is InChI=1S/C13H13F2NO3/c1-2-8-10(14)5-7(6-11(8)15)19-13(18)9-3-4-16-12(9)17/h5-6,9H,2-4H2,1H3,(H,16,17)/t9-/m1/s1. The normalized spacial score (nSPS) is 18.3. The summed E-state index contributed by atoms with van der Waals surface area (Å²) in [5.41, 5.74) is -0.0570. The zero-order valence-corrected chi connectivity index (χ0v) is 10.3. The fraction of sp³-hybridized carbons (Fsp3) is 0.385. The van der Waals surface area contributed by atoms with Crippen molar-refractivity contribution in [3.63, 3.8) is 0 Å². The van der Waals surface area contributed by atoms with Crippen molar-refractivity contribution in [2.45, 2.75) is 19.8 Å². The van der Waals surface area contributed by atoms with E-state index < -0.39 is 29.4 Å². The molecule has 1 N–H and O–H groups in total. The minimum Gasteiger partial charge on any atom is -0.426 e. The largest absolute Gasteiger partial charge is 0.426 e. The number of hydrogen-bond acceptors (Lipinski definition) is 3. The van der Waals surface area contributed by atoms with Gasteiger partial charge in [-0.2, -0.15) is 0 Å². The molecular weight excluding hydrogens is 256 g/mol. The van der Waals surface area contributed by atoms with Gasteiger partial charge in [0.2, 0.25) is 5.91 Å². The first-order valence-electron chi connectivity index (χ1n) is 6.00. The van der Waals surface area contributed by atoms with Gasteiger partial charge in [0.15, 0.2) is 0 Å². The van der Waals surface area contributed by atoms with E-state index in [2.05, 4.69) is 5.32 Å². The van der Waals surface area contributed by atoms with Crippen molar-refractivity contribution < 1.29 is 23.1 Å². The molecule has 1 fully saturated rings. The second-order valence-corrected chi connectivity index (χ2v) is 4.27. The van der Waals surface area contributed by atoms with Crippen LogP contribution in [0.5, 0.6) is 5.75 Å². The monoisotopic (exact) mass is 269 g/mol. The molecule has 1 aliphatic rings. The van der Waals surface area contributed by atoms with E-state index in [1.165, 1.54) is 0 Å². The summed E-state index contributed by atoms with van der Waals surface area (Å²) in [7, 11) is 0. The molecule has 19 heavy (non-hydrogen) atoms. The summed E-state index contributed by atoms with van der Waals surface area (Å²) < 4.78 is 31.9. The number of carbonyl (C=O) groups excluding carboxylic acids is 2. The Morgan fingerprint density at radius 3 is 2.53 bits per heavy atom. The first-order valence-corrected chi connectivity index (χ1v) is 6.00. The Hall–Kier alpha value is -1.98. The van der Waals surface area contributed by atoms with Crippen LogP contribution in [0.2, 0.25) is 0 Å². The molecule has 1 heterocycles. The molecule has 1 saturated heterocycles. The maximum Gasteiger partial charge on any atom is 0.323 e. The Balaban J connectivity index is 2.15. The molecule has 4 nitrogen and oxygen atoms in total. The third kappa shape index (κ3) is 2.72. The van der Waals surface area contributed by atoms with Crippen LogP contribution in [0, 0.1) is 17.6 Å². The number of carbonyl (C=O) groups is 2. The van der Waals surface area contributed by atoms with Crippen LogP contribution in [-0.4, -0.2) is 18.4 Å². The van der Waals surface area contributed by atoms with Gasteiger partial charge in [-0.1, -0.05) is 6.92 Å². The number of hydrogen-bond donors (Lipinski definition) is 1. The lowest BCUT2D eigenvalue weighted by Crippen LogP contribution is -2.28. The molecular formula is C13H13F2NO3. The van der Waals surface area contributed by atoms with E-state index in [1.807, 2.05) is 0 Å². The van der Waals surface area contributed by atoms with Gasteiger partial charge in [0, 0.05) is 24.2 Å². The molecule has 1 atom stereocenters. The second kappa shape index (κ2) is 5.34. The number of nitrogens with one attached hydrogen (secondary N) is 1. The summed E-state index contributed by atoms with van der Waals surface area (Å²) in [5, 5.41) is 2.49. The van der Waals surface area contributed by atoms with Crippen molar-refractivity contribution >= 4 is 11.9 Å². The van der Waals surface area contributed by atoms with Gasteiger partial charge in [0.1, 0.15) is 23.3 Å². The molecule has 1 amide bonds. The number of esters is 1. The minimum atomic E-state index is -0.906. The lowest BCUT2D eigenvalue weighted by Gasteiger charge is -2.09. The molecule has 2 rings (SSSR count). The summed E-state index contributed by atoms with van der Waals surface area (Å²) >= 11 is 0. The molecule has 0 radical (unpaired) electrons. The molecule has 0 saturated carbocycles. The summed E-state index contributed by atoms with van der Waals surface area (Å²) in [6.07, 6.45) is 0.534. The number of benzene rings is 1. The van der Waals surface area contributed by atoms with E-state index in [-0.39, 0.29) is 17.7 Å². The van der Waals surface area contributed by atoms with Crippen molar-refractivity contribution in [3.05, 3.63) is 29.3 Å². The highest BCUT2D eigenvalue weighted by atomic mass is 19.1. The van der Waals surface area contributed by atoms with Crippen molar-refractivity contribution in [1.29, 1.82) is 0 Å². The van der Waals surface area contributed by atoms with Crippen LogP contribution < -0.4 is 10.1 Å². The smallest absolute Gasteiger partial charge is 0.323 e. The van der Waals surface area contributed by atoms with Crippen LogP contribution in [0.15, 0.2) is 12.1 Å². The second-order valence-electron chi connectivity index (χ2n) is 4.27. The van der Waals surface area contributed by atoms with Gasteiger partial charge >= 0.3 is 5.97 Å². The van der Waals surface area contributed by atoms with Crippen LogP contribution in [-0.2, 0) is 16.0 Å². The van der Waals surface area contributed by atoms with Gasteiger partial charge in [-0.3, -0.25) is 9.59 Å². The van der Waals surface area contributed by atoms with Gasteiger partial charge in [0.05, 0.1) is 0 Å². The third-order valence-corrected chi connectivity index (χ3v) is 3.02. The lowest BCUT2D eigenvalue weighted by atomic mass is 10.1. The molecule has 0 spiro atoms. The average molecular weight is 269 g/mol. The Morgan fingerprint density at radius 2 is 2.05 bits per heavy atom. The topological polar surface area (TPSA) is 55.4 Å². The Bertz CT molecular complexity index is 508. The van der Waals surface area contributed by atoms with Crippen LogP contribution in [0.1, 0.15) is 18.9 Å². The number of halogens is 2. The number of ether oxygens (including phenoxy) is 1. The summed E-state index contributed by atoms with van der Waals surface area (Å²) in [6, 6.07) is 1.90. The lowest BCUT2D eigenvalue weighted by molar-refractivity contribution is -0.143. The maximum atomic E-state index is 13.5. The fourth-order valence-corrected chi connectivity index (χ4v) is 1.98. The average Bonchev–Trinajstić information content (AvgIpc) is 2.75. The number of amides is 1. The van der Waals surface area contributed by atoms with E-state index >= 15 is 0 Å².